The molecule has 1 aromatic rings. The summed E-state index contributed by atoms with van der Waals surface area (Å²) < 4.78 is 16.8. The Hall–Kier alpha value is -2.32. The Balaban J connectivity index is 1.26. The van der Waals surface area contributed by atoms with Gasteiger partial charge >= 0.3 is 0 Å². The summed E-state index contributed by atoms with van der Waals surface area (Å²) in [6, 6.07) is 7.36. The summed E-state index contributed by atoms with van der Waals surface area (Å²) in [6.45, 7) is 5.75. The fourth-order valence-corrected chi connectivity index (χ4v) is 3.57. The minimum atomic E-state index is -0.629. The number of carbonyl (C=O) groups is 2. The van der Waals surface area contributed by atoms with Crippen molar-refractivity contribution in [1.82, 2.24) is 14.7 Å². The van der Waals surface area contributed by atoms with Gasteiger partial charge in [-0.1, -0.05) is 12.1 Å². The van der Waals surface area contributed by atoms with Gasteiger partial charge in [0.15, 0.2) is 11.5 Å². The van der Waals surface area contributed by atoms with Crippen LogP contribution < -0.4 is 9.47 Å². The predicted molar refractivity (Wildman–Crippen MR) is 96.8 cm³/mol. The molecule has 1 unspecified atom stereocenters. The molecule has 0 aliphatic carbocycles. The first-order valence-electron chi connectivity index (χ1n) is 9.46. The molecular formula is C19H25N3O5. The molecule has 146 valence electrons. The van der Waals surface area contributed by atoms with Crippen LogP contribution in [0.5, 0.6) is 11.5 Å². The van der Waals surface area contributed by atoms with Gasteiger partial charge in [-0.15, -0.1) is 0 Å². The van der Waals surface area contributed by atoms with E-state index in [9.17, 15) is 9.59 Å². The van der Waals surface area contributed by atoms with E-state index in [1.54, 1.807) is 11.0 Å². The SMILES string of the molecule is O=C(CN1CCOCC1)N1CCN(C(=O)C2COc3ccccc3O2)CC1. The summed E-state index contributed by atoms with van der Waals surface area (Å²) >= 11 is 0. The maximum atomic E-state index is 12.8. The van der Waals surface area contributed by atoms with Crippen molar-refractivity contribution in [2.24, 2.45) is 0 Å². The molecular weight excluding hydrogens is 350 g/mol. The van der Waals surface area contributed by atoms with Crippen molar-refractivity contribution in [1.29, 1.82) is 0 Å². The number of amides is 2. The second-order valence-corrected chi connectivity index (χ2v) is 6.96. The van der Waals surface area contributed by atoms with Gasteiger partial charge in [-0.05, 0) is 12.1 Å². The average molecular weight is 375 g/mol. The van der Waals surface area contributed by atoms with Crippen molar-refractivity contribution in [2.75, 3.05) is 65.6 Å². The molecule has 0 bridgehead atoms. The Labute approximate surface area is 158 Å². The van der Waals surface area contributed by atoms with Crippen LogP contribution >= 0.6 is 0 Å². The first kappa shape index (κ1) is 18.1. The molecule has 2 amide bonds. The first-order valence-corrected chi connectivity index (χ1v) is 9.46. The molecule has 3 aliphatic rings. The van der Waals surface area contributed by atoms with Gasteiger partial charge in [-0.3, -0.25) is 14.5 Å². The normalized spacial score (nSPS) is 23.2. The molecule has 8 heteroatoms. The Morgan fingerprint density at radius 1 is 0.926 bits per heavy atom. The molecule has 0 aromatic heterocycles. The van der Waals surface area contributed by atoms with Gasteiger partial charge in [0.2, 0.25) is 12.0 Å². The fraction of sp³-hybridized carbons (Fsp3) is 0.579. The second-order valence-electron chi connectivity index (χ2n) is 6.96. The molecule has 27 heavy (non-hydrogen) atoms. The van der Waals surface area contributed by atoms with Crippen LogP contribution in [0.3, 0.4) is 0 Å². The number of carbonyl (C=O) groups excluding carboxylic acids is 2. The summed E-state index contributed by atoms with van der Waals surface area (Å²) in [4.78, 5) is 31.0. The smallest absolute Gasteiger partial charge is 0.267 e. The topological polar surface area (TPSA) is 71.6 Å². The molecule has 0 spiro atoms. The highest BCUT2D eigenvalue weighted by molar-refractivity contribution is 5.83. The van der Waals surface area contributed by atoms with E-state index in [0.717, 1.165) is 13.1 Å². The molecule has 1 atom stereocenters. The standard InChI is InChI=1S/C19H25N3O5/c23-18(13-20-9-11-25-12-10-20)21-5-7-22(8-6-21)19(24)17-14-26-15-3-1-2-4-16(15)27-17/h1-4,17H,5-14H2. The molecule has 3 aliphatic heterocycles. The van der Waals surface area contributed by atoms with Crippen LogP contribution in [0, 0.1) is 0 Å². The lowest BCUT2D eigenvalue weighted by Crippen LogP contribution is -2.56. The van der Waals surface area contributed by atoms with Gasteiger partial charge in [0, 0.05) is 39.3 Å². The summed E-state index contributed by atoms with van der Waals surface area (Å²) in [7, 11) is 0. The number of para-hydroxylation sites is 2. The lowest BCUT2D eigenvalue weighted by atomic mass is 10.2. The summed E-state index contributed by atoms with van der Waals surface area (Å²) in [6.07, 6.45) is -0.629. The lowest BCUT2D eigenvalue weighted by Gasteiger charge is -2.38. The number of hydrogen-bond acceptors (Lipinski definition) is 6. The number of ether oxygens (including phenoxy) is 3. The summed E-state index contributed by atoms with van der Waals surface area (Å²) in [5.74, 6) is 1.31. The minimum Gasteiger partial charge on any atom is -0.485 e. The van der Waals surface area contributed by atoms with Gasteiger partial charge in [-0.25, -0.2) is 0 Å². The number of fused-ring (bicyclic) bond motifs is 1. The monoisotopic (exact) mass is 375 g/mol. The molecule has 2 saturated heterocycles. The van der Waals surface area contributed by atoms with Gasteiger partial charge < -0.3 is 24.0 Å². The molecule has 0 N–H and O–H groups in total. The Bertz CT molecular complexity index is 684. The van der Waals surface area contributed by atoms with E-state index in [1.165, 1.54) is 0 Å². The van der Waals surface area contributed by atoms with Crippen LogP contribution in [0.2, 0.25) is 0 Å². The zero-order valence-electron chi connectivity index (χ0n) is 15.3. The molecule has 3 heterocycles. The van der Waals surface area contributed by atoms with Crippen molar-refractivity contribution in [3.8, 4) is 11.5 Å². The lowest BCUT2D eigenvalue weighted by molar-refractivity contribution is -0.146. The van der Waals surface area contributed by atoms with E-state index in [4.69, 9.17) is 14.2 Å². The number of morpholine rings is 1. The van der Waals surface area contributed by atoms with Gasteiger partial charge in [0.05, 0.1) is 19.8 Å². The maximum Gasteiger partial charge on any atom is 0.267 e. The van der Waals surface area contributed by atoms with Crippen LogP contribution in [0.15, 0.2) is 24.3 Å². The van der Waals surface area contributed by atoms with Crippen molar-refractivity contribution < 1.29 is 23.8 Å². The van der Waals surface area contributed by atoms with Gasteiger partial charge in [0.25, 0.3) is 5.91 Å². The Morgan fingerprint density at radius 2 is 1.59 bits per heavy atom. The third kappa shape index (κ3) is 4.17. The molecule has 8 nitrogen and oxygen atoms in total. The number of benzene rings is 1. The van der Waals surface area contributed by atoms with Crippen molar-refractivity contribution in [2.45, 2.75) is 6.10 Å². The van der Waals surface area contributed by atoms with Crippen molar-refractivity contribution in [3.63, 3.8) is 0 Å². The highest BCUT2D eigenvalue weighted by Gasteiger charge is 2.33. The third-order valence-electron chi connectivity index (χ3n) is 5.19. The van der Waals surface area contributed by atoms with Crippen LogP contribution in [0.4, 0.5) is 0 Å². The highest BCUT2D eigenvalue weighted by atomic mass is 16.6. The van der Waals surface area contributed by atoms with E-state index in [2.05, 4.69) is 4.90 Å². The largest absolute Gasteiger partial charge is 0.485 e. The molecule has 0 radical (unpaired) electrons. The van der Waals surface area contributed by atoms with Gasteiger partial charge in [-0.2, -0.15) is 0 Å². The molecule has 2 fully saturated rings. The molecule has 1 aromatic carbocycles. The minimum absolute atomic E-state index is 0.0789. The average Bonchev–Trinajstić information content (AvgIpc) is 2.73. The quantitative estimate of drug-likeness (QED) is 0.731. The van der Waals surface area contributed by atoms with Crippen molar-refractivity contribution in [3.05, 3.63) is 24.3 Å². The van der Waals surface area contributed by atoms with Crippen LogP contribution in [-0.4, -0.2) is 98.3 Å². The maximum absolute atomic E-state index is 12.8. The van der Waals surface area contributed by atoms with Crippen LogP contribution in [0.1, 0.15) is 0 Å². The fourth-order valence-electron chi connectivity index (χ4n) is 3.57. The Kier molecular flexibility index (Phi) is 5.45. The highest BCUT2D eigenvalue weighted by Crippen LogP contribution is 2.31. The summed E-state index contributed by atoms with van der Waals surface area (Å²) in [5, 5.41) is 0. The van der Waals surface area contributed by atoms with E-state index in [1.807, 2.05) is 23.1 Å². The third-order valence-corrected chi connectivity index (χ3v) is 5.19. The molecule has 4 rings (SSSR count). The predicted octanol–water partition coefficient (Wildman–Crippen LogP) is -0.171. The Morgan fingerprint density at radius 3 is 2.33 bits per heavy atom. The van der Waals surface area contributed by atoms with E-state index in [-0.39, 0.29) is 18.4 Å². The number of nitrogens with zero attached hydrogens (tertiary/aromatic N) is 3. The zero-order valence-corrected chi connectivity index (χ0v) is 15.3. The van der Waals surface area contributed by atoms with Crippen LogP contribution in [0.25, 0.3) is 0 Å². The van der Waals surface area contributed by atoms with E-state index >= 15 is 0 Å². The zero-order chi connectivity index (χ0) is 18.6. The number of hydrogen-bond donors (Lipinski definition) is 0. The van der Waals surface area contributed by atoms with E-state index < -0.39 is 6.10 Å². The number of rotatable bonds is 3. The summed E-state index contributed by atoms with van der Waals surface area (Å²) in [5.41, 5.74) is 0. The first-order chi connectivity index (χ1) is 13.2. The van der Waals surface area contributed by atoms with Crippen LogP contribution in [-0.2, 0) is 14.3 Å². The van der Waals surface area contributed by atoms with Gasteiger partial charge in [0.1, 0.15) is 6.61 Å². The molecule has 0 saturated carbocycles. The second kappa shape index (κ2) is 8.14. The number of piperazine rings is 1. The van der Waals surface area contributed by atoms with E-state index in [0.29, 0.717) is 57.4 Å². The van der Waals surface area contributed by atoms with Crippen molar-refractivity contribution >= 4 is 11.8 Å².